The third-order valence-corrected chi connectivity index (χ3v) is 6.60. The van der Waals surface area contributed by atoms with Crippen LogP contribution in [0.4, 0.5) is 5.82 Å². The Hall–Kier alpha value is -1.79. The van der Waals surface area contributed by atoms with Crippen molar-refractivity contribution in [3.8, 4) is 0 Å². The molecule has 0 bridgehead atoms. The van der Waals surface area contributed by atoms with Crippen LogP contribution in [0, 0.1) is 0 Å². The molecule has 0 atom stereocenters. The lowest BCUT2D eigenvalue weighted by atomic mass is 10.0. The van der Waals surface area contributed by atoms with Crippen molar-refractivity contribution in [2.75, 3.05) is 31.1 Å². The van der Waals surface area contributed by atoms with Crippen molar-refractivity contribution >= 4 is 37.6 Å². The third kappa shape index (κ3) is 2.42. The Labute approximate surface area is 151 Å². The fourth-order valence-electron chi connectivity index (χ4n) is 4.40. The summed E-state index contributed by atoms with van der Waals surface area (Å²) in [5.74, 6) is 1.12. The average molecular weight is 355 g/mol. The maximum absolute atomic E-state index is 5.09. The molecule has 25 heavy (non-hydrogen) atoms. The van der Waals surface area contributed by atoms with E-state index in [-0.39, 0.29) is 0 Å². The molecule has 1 fully saturated rings. The topological polar surface area (TPSA) is 58.5 Å². The Morgan fingerprint density at radius 3 is 2.84 bits per heavy atom. The number of anilines is 1. The maximum atomic E-state index is 5.09. The van der Waals surface area contributed by atoms with Gasteiger partial charge in [0, 0.05) is 11.1 Å². The Morgan fingerprint density at radius 2 is 2.00 bits per heavy atom. The Morgan fingerprint density at radius 1 is 1.16 bits per heavy atom. The molecular formula is C19H24N5S+. The zero-order valence-electron chi connectivity index (χ0n) is 14.7. The molecule has 5 nitrogen and oxygen atoms in total. The van der Waals surface area contributed by atoms with Crippen LogP contribution in [0.1, 0.15) is 36.6 Å². The van der Waals surface area contributed by atoms with Gasteiger partial charge in [-0.2, -0.15) is 0 Å². The highest BCUT2D eigenvalue weighted by Crippen LogP contribution is 2.42. The fourth-order valence-corrected chi connectivity index (χ4v) is 5.59. The van der Waals surface area contributed by atoms with Crippen LogP contribution in [0.15, 0.2) is 6.33 Å². The van der Waals surface area contributed by atoms with Crippen molar-refractivity contribution in [2.24, 2.45) is 0 Å². The molecule has 4 heterocycles. The van der Waals surface area contributed by atoms with E-state index < -0.39 is 0 Å². The van der Waals surface area contributed by atoms with Gasteiger partial charge in [-0.3, -0.25) is 0 Å². The van der Waals surface area contributed by atoms with Gasteiger partial charge in [-0.15, -0.1) is 11.3 Å². The average Bonchev–Trinajstić information content (AvgIpc) is 3.26. The summed E-state index contributed by atoms with van der Waals surface area (Å²) in [6, 6.07) is 0. The zero-order chi connectivity index (χ0) is 16.8. The first-order chi connectivity index (χ1) is 12.4. The van der Waals surface area contributed by atoms with Gasteiger partial charge in [-0.25, -0.2) is 15.0 Å². The summed E-state index contributed by atoms with van der Waals surface area (Å²) in [5, 5.41) is 3.70. The van der Waals surface area contributed by atoms with E-state index in [4.69, 9.17) is 9.97 Å². The molecule has 5 rings (SSSR count). The number of hydrogen-bond acceptors (Lipinski definition) is 5. The molecule has 0 amide bonds. The smallest absolute Gasteiger partial charge is 0.150 e. The van der Waals surface area contributed by atoms with Gasteiger partial charge in [0.05, 0.1) is 36.4 Å². The molecule has 0 aromatic carbocycles. The molecule has 3 aromatic heterocycles. The summed E-state index contributed by atoms with van der Waals surface area (Å²) in [5.41, 5.74) is 5.50. The highest BCUT2D eigenvalue weighted by atomic mass is 32.1. The largest absolute Gasteiger partial charge is 0.344 e. The van der Waals surface area contributed by atoms with Crippen LogP contribution < -0.4 is 10.2 Å². The number of rotatable bonds is 3. The maximum Gasteiger partial charge on any atom is 0.150 e. The lowest BCUT2D eigenvalue weighted by Crippen LogP contribution is -2.89. The van der Waals surface area contributed by atoms with E-state index in [1.54, 1.807) is 17.7 Å². The van der Waals surface area contributed by atoms with Crippen LogP contribution in [0.3, 0.4) is 0 Å². The minimum Gasteiger partial charge on any atom is -0.344 e. The van der Waals surface area contributed by atoms with Crippen molar-refractivity contribution in [2.45, 2.75) is 39.0 Å². The standard InChI is InChI=1S/C19H23N5S/c1-2-4-14-12-5-3-6-13(12)15-16-17(25-19(15)23-14)18(22-11-21-16)24-9-7-20-8-10-24/h11,20H,2-10H2,1H3/p+1. The van der Waals surface area contributed by atoms with Gasteiger partial charge in [-0.05, 0) is 36.8 Å². The molecular weight excluding hydrogens is 330 g/mol. The second-order valence-electron chi connectivity index (χ2n) is 7.13. The van der Waals surface area contributed by atoms with Gasteiger partial charge in [0.1, 0.15) is 11.2 Å². The molecule has 2 aliphatic rings. The second-order valence-corrected chi connectivity index (χ2v) is 8.13. The van der Waals surface area contributed by atoms with E-state index in [0.29, 0.717) is 0 Å². The van der Waals surface area contributed by atoms with E-state index >= 15 is 0 Å². The van der Waals surface area contributed by atoms with Crippen LogP contribution in [0.5, 0.6) is 0 Å². The van der Waals surface area contributed by atoms with Gasteiger partial charge in [-0.1, -0.05) is 13.3 Å². The molecule has 0 spiro atoms. The summed E-state index contributed by atoms with van der Waals surface area (Å²) in [6.45, 7) is 6.66. The number of hydrogen-bond donors (Lipinski definition) is 1. The lowest BCUT2D eigenvalue weighted by molar-refractivity contribution is -0.655. The highest BCUT2D eigenvalue weighted by Gasteiger charge is 2.25. The number of aryl methyl sites for hydroxylation is 2. The van der Waals surface area contributed by atoms with Gasteiger partial charge in [0.2, 0.25) is 0 Å². The monoisotopic (exact) mass is 354 g/mol. The number of aromatic nitrogens is 3. The normalized spacial score (nSPS) is 17.6. The summed E-state index contributed by atoms with van der Waals surface area (Å²) in [7, 11) is 0. The quantitative estimate of drug-likeness (QED) is 0.782. The molecule has 0 saturated carbocycles. The molecule has 0 radical (unpaired) electrons. The summed E-state index contributed by atoms with van der Waals surface area (Å²) in [4.78, 5) is 18.0. The summed E-state index contributed by atoms with van der Waals surface area (Å²) < 4.78 is 1.23. The van der Waals surface area contributed by atoms with Crippen molar-refractivity contribution in [3.05, 3.63) is 23.1 Å². The Balaban J connectivity index is 1.76. The zero-order valence-corrected chi connectivity index (χ0v) is 15.5. The van der Waals surface area contributed by atoms with Crippen LogP contribution in [0.25, 0.3) is 20.4 Å². The molecule has 1 saturated heterocycles. The van der Waals surface area contributed by atoms with Crippen molar-refractivity contribution < 1.29 is 5.32 Å². The molecule has 6 heteroatoms. The number of nitrogens with zero attached hydrogens (tertiary/aromatic N) is 4. The van der Waals surface area contributed by atoms with E-state index in [1.807, 2.05) is 0 Å². The van der Waals surface area contributed by atoms with Crippen LogP contribution in [-0.2, 0) is 19.3 Å². The molecule has 1 aliphatic carbocycles. The van der Waals surface area contributed by atoms with E-state index in [1.165, 1.54) is 51.0 Å². The van der Waals surface area contributed by atoms with E-state index in [2.05, 4.69) is 22.1 Å². The van der Waals surface area contributed by atoms with Crippen LogP contribution in [0.2, 0.25) is 0 Å². The van der Waals surface area contributed by atoms with Crippen molar-refractivity contribution in [1.82, 2.24) is 15.0 Å². The van der Waals surface area contributed by atoms with Gasteiger partial charge in [0.15, 0.2) is 5.82 Å². The first kappa shape index (κ1) is 15.5. The van der Waals surface area contributed by atoms with Crippen LogP contribution >= 0.6 is 11.3 Å². The molecule has 3 aromatic rings. The number of thiophene rings is 1. The summed E-state index contributed by atoms with van der Waals surface area (Å²) in [6.07, 6.45) is 7.62. The first-order valence-electron chi connectivity index (χ1n) is 9.51. The predicted octanol–water partition coefficient (Wildman–Crippen LogP) is 2.06. The highest BCUT2D eigenvalue weighted by molar-refractivity contribution is 7.26. The lowest BCUT2D eigenvalue weighted by Gasteiger charge is -2.26. The van der Waals surface area contributed by atoms with Crippen molar-refractivity contribution in [3.63, 3.8) is 0 Å². The number of fused-ring (bicyclic) bond motifs is 5. The van der Waals surface area contributed by atoms with Crippen LogP contribution in [-0.4, -0.2) is 41.1 Å². The first-order valence-corrected chi connectivity index (χ1v) is 10.3. The van der Waals surface area contributed by atoms with Crippen molar-refractivity contribution in [1.29, 1.82) is 0 Å². The Bertz CT molecular complexity index is 942. The molecule has 130 valence electrons. The fraction of sp³-hybridized carbons (Fsp3) is 0.526. The van der Waals surface area contributed by atoms with Gasteiger partial charge < -0.3 is 10.2 Å². The van der Waals surface area contributed by atoms with E-state index in [9.17, 15) is 0 Å². The van der Waals surface area contributed by atoms with E-state index in [0.717, 1.165) is 50.4 Å². The minimum absolute atomic E-state index is 1.06. The van der Waals surface area contributed by atoms with Gasteiger partial charge >= 0.3 is 0 Å². The molecule has 0 unspecified atom stereocenters. The molecule has 1 aliphatic heterocycles. The number of quaternary nitrogens is 1. The predicted molar refractivity (Wildman–Crippen MR) is 103 cm³/mol. The molecule has 2 N–H and O–H groups in total. The SMILES string of the molecule is CCCc1nc2sc3c(N4CC[NH2+]CC4)ncnc3c2c2c1CCC2. The summed E-state index contributed by atoms with van der Waals surface area (Å²) >= 11 is 1.80. The number of pyridine rings is 1. The third-order valence-electron chi connectivity index (χ3n) is 5.53. The number of nitrogens with two attached hydrogens (primary N) is 1. The number of piperazine rings is 1. The van der Waals surface area contributed by atoms with Gasteiger partial charge in [0.25, 0.3) is 0 Å². The Kier molecular flexibility index (Phi) is 3.82. The second kappa shape index (κ2) is 6.18. The minimum atomic E-state index is 1.06.